The van der Waals surface area contributed by atoms with Crippen LogP contribution in [0.25, 0.3) is 0 Å². The lowest BCUT2D eigenvalue weighted by Crippen LogP contribution is -2.05. The highest BCUT2D eigenvalue weighted by Crippen LogP contribution is 2.18. The smallest absolute Gasteiger partial charge is 0.222 e. The van der Waals surface area contributed by atoms with Crippen LogP contribution in [0.15, 0.2) is 24.4 Å². The second kappa shape index (κ2) is 4.65. The van der Waals surface area contributed by atoms with Gasteiger partial charge in [-0.2, -0.15) is 4.98 Å². The number of anilines is 2. The van der Waals surface area contributed by atoms with Crippen molar-refractivity contribution in [2.24, 2.45) is 0 Å². The van der Waals surface area contributed by atoms with Gasteiger partial charge in [-0.05, 0) is 19.1 Å². The summed E-state index contributed by atoms with van der Waals surface area (Å²) >= 11 is 0. The third-order valence-corrected chi connectivity index (χ3v) is 2.12. The Morgan fingerprint density at radius 2 is 2.06 bits per heavy atom. The number of ether oxygens (including phenoxy) is 1. The lowest BCUT2D eigenvalue weighted by atomic mass is 10.3. The van der Waals surface area contributed by atoms with Gasteiger partial charge in [0.05, 0.1) is 11.9 Å². The zero-order valence-corrected chi connectivity index (χ0v) is 9.42. The van der Waals surface area contributed by atoms with Crippen LogP contribution in [0, 0.1) is 6.92 Å². The molecule has 2 aromatic heterocycles. The van der Waals surface area contributed by atoms with E-state index in [4.69, 9.17) is 16.2 Å². The van der Waals surface area contributed by atoms with Crippen LogP contribution >= 0.6 is 0 Å². The first-order valence-corrected chi connectivity index (χ1v) is 5.08. The molecule has 2 heterocycles. The highest BCUT2D eigenvalue weighted by atomic mass is 16.5. The maximum Gasteiger partial charge on any atom is 0.222 e. The van der Waals surface area contributed by atoms with Crippen molar-refractivity contribution in [3.63, 3.8) is 0 Å². The molecule has 0 bridgehead atoms. The molecule has 17 heavy (non-hydrogen) atoms. The molecule has 88 valence electrons. The van der Waals surface area contributed by atoms with E-state index in [-0.39, 0.29) is 11.8 Å². The average Bonchev–Trinajstić information content (AvgIpc) is 2.28. The van der Waals surface area contributed by atoms with E-state index in [0.717, 1.165) is 11.4 Å². The molecule has 0 fully saturated rings. The molecular weight excluding hydrogens is 218 g/mol. The van der Waals surface area contributed by atoms with Crippen LogP contribution in [0.3, 0.4) is 0 Å². The lowest BCUT2D eigenvalue weighted by molar-refractivity contribution is 0.300. The fourth-order valence-corrected chi connectivity index (χ4v) is 1.34. The Hall–Kier alpha value is -2.37. The fourth-order valence-electron chi connectivity index (χ4n) is 1.34. The molecule has 0 atom stereocenters. The van der Waals surface area contributed by atoms with Gasteiger partial charge in [-0.15, -0.1) is 0 Å². The second-order valence-electron chi connectivity index (χ2n) is 3.54. The summed E-state index contributed by atoms with van der Waals surface area (Å²) in [5, 5.41) is 0. The Morgan fingerprint density at radius 1 is 1.24 bits per heavy atom. The van der Waals surface area contributed by atoms with Crippen molar-refractivity contribution < 1.29 is 4.74 Å². The first-order valence-electron chi connectivity index (χ1n) is 5.08. The number of pyridine rings is 1. The zero-order chi connectivity index (χ0) is 12.3. The lowest BCUT2D eigenvalue weighted by Gasteiger charge is -2.07. The molecule has 0 amide bonds. The topological polar surface area (TPSA) is 99.9 Å². The monoisotopic (exact) mass is 231 g/mol. The Bertz CT molecular complexity index is 529. The van der Waals surface area contributed by atoms with Crippen molar-refractivity contribution in [1.29, 1.82) is 0 Å². The number of nitrogens with zero attached hydrogens (tertiary/aromatic N) is 3. The summed E-state index contributed by atoms with van der Waals surface area (Å²) in [5.74, 6) is 0.760. The van der Waals surface area contributed by atoms with Crippen LogP contribution in [0.5, 0.6) is 5.75 Å². The molecule has 0 radical (unpaired) electrons. The van der Waals surface area contributed by atoms with E-state index in [1.165, 1.54) is 6.20 Å². The van der Waals surface area contributed by atoms with E-state index in [0.29, 0.717) is 12.4 Å². The summed E-state index contributed by atoms with van der Waals surface area (Å²) in [5.41, 5.74) is 12.8. The van der Waals surface area contributed by atoms with Gasteiger partial charge in [-0.3, -0.25) is 4.98 Å². The van der Waals surface area contributed by atoms with Gasteiger partial charge in [-0.1, -0.05) is 6.07 Å². The van der Waals surface area contributed by atoms with Crippen LogP contribution in [0.2, 0.25) is 0 Å². The molecule has 0 spiro atoms. The minimum atomic E-state index is 0.128. The number of nitrogen functional groups attached to an aromatic ring is 2. The van der Waals surface area contributed by atoms with E-state index >= 15 is 0 Å². The first kappa shape index (κ1) is 11.1. The van der Waals surface area contributed by atoms with E-state index in [2.05, 4.69) is 15.0 Å². The standard InChI is InChI=1S/C11H13N5O/c1-7-3-2-4-8(15-7)6-17-9-5-14-11(13)16-10(9)12/h2-5H,6H2,1H3,(H4,12,13,14,16). The number of aromatic nitrogens is 3. The summed E-state index contributed by atoms with van der Waals surface area (Å²) in [7, 11) is 0. The van der Waals surface area contributed by atoms with Gasteiger partial charge in [0.2, 0.25) is 5.95 Å². The number of hydrogen-bond donors (Lipinski definition) is 2. The van der Waals surface area contributed by atoms with E-state index in [1.807, 2.05) is 25.1 Å². The van der Waals surface area contributed by atoms with Gasteiger partial charge in [0, 0.05) is 5.69 Å². The maximum atomic E-state index is 5.64. The van der Waals surface area contributed by atoms with E-state index in [9.17, 15) is 0 Å². The largest absolute Gasteiger partial charge is 0.482 e. The number of aryl methyl sites for hydroxylation is 1. The highest BCUT2D eigenvalue weighted by molar-refractivity contribution is 5.46. The summed E-state index contributed by atoms with van der Waals surface area (Å²) in [4.78, 5) is 11.9. The molecule has 6 nitrogen and oxygen atoms in total. The van der Waals surface area contributed by atoms with Gasteiger partial charge >= 0.3 is 0 Å². The summed E-state index contributed by atoms with van der Waals surface area (Å²) in [6, 6.07) is 5.72. The second-order valence-corrected chi connectivity index (χ2v) is 3.54. The molecule has 0 unspecified atom stereocenters. The van der Waals surface area contributed by atoms with Crippen molar-refractivity contribution in [3.8, 4) is 5.75 Å². The predicted octanol–water partition coefficient (Wildman–Crippen LogP) is 0.923. The third kappa shape index (κ3) is 2.81. The van der Waals surface area contributed by atoms with Gasteiger partial charge in [0.25, 0.3) is 0 Å². The van der Waals surface area contributed by atoms with Gasteiger partial charge in [0.1, 0.15) is 6.61 Å². The highest BCUT2D eigenvalue weighted by Gasteiger charge is 2.04. The van der Waals surface area contributed by atoms with Crippen molar-refractivity contribution in [2.75, 3.05) is 11.5 Å². The molecule has 2 aromatic rings. The Kier molecular flexibility index (Phi) is 3.04. The predicted molar refractivity (Wildman–Crippen MR) is 64.2 cm³/mol. The number of nitrogens with two attached hydrogens (primary N) is 2. The first-order chi connectivity index (χ1) is 8.15. The Labute approximate surface area is 98.7 Å². The molecule has 0 aromatic carbocycles. The Balaban J connectivity index is 2.07. The third-order valence-electron chi connectivity index (χ3n) is 2.12. The zero-order valence-electron chi connectivity index (χ0n) is 9.42. The van der Waals surface area contributed by atoms with Crippen molar-refractivity contribution in [1.82, 2.24) is 15.0 Å². The van der Waals surface area contributed by atoms with Crippen LogP contribution in [0.1, 0.15) is 11.4 Å². The van der Waals surface area contributed by atoms with E-state index < -0.39 is 0 Å². The van der Waals surface area contributed by atoms with Crippen LogP contribution in [-0.2, 0) is 6.61 Å². The van der Waals surface area contributed by atoms with Gasteiger partial charge < -0.3 is 16.2 Å². The molecule has 6 heteroatoms. The quantitative estimate of drug-likeness (QED) is 0.814. The normalized spacial score (nSPS) is 10.2. The summed E-state index contributed by atoms with van der Waals surface area (Å²) in [6.45, 7) is 2.24. The minimum Gasteiger partial charge on any atom is -0.482 e. The van der Waals surface area contributed by atoms with Gasteiger partial charge in [0.15, 0.2) is 11.6 Å². The molecule has 0 aliphatic carbocycles. The molecule has 0 aliphatic heterocycles. The van der Waals surface area contributed by atoms with Crippen LogP contribution in [-0.4, -0.2) is 15.0 Å². The molecule has 4 N–H and O–H groups in total. The Morgan fingerprint density at radius 3 is 2.76 bits per heavy atom. The molecule has 0 aliphatic rings. The van der Waals surface area contributed by atoms with Crippen LogP contribution in [0.4, 0.5) is 11.8 Å². The molecule has 0 saturated heterocycles. The van der Waals surface area contributed by atoms with Crippen molar-refractivity contribution >= 4 is 11.8 Å². The van der Waals surface area contributed by atoms with Crippen LogP contribution < -0.4 is 16.2 Å². The SMILES string of the molecule is Cc1cccc(COc2cnc(N)nc2N)n1. The minimum absolute atomic E-state index is 0.128. The number of rotatable bonds is 3. The molecular formula is C11H13N5O. The number of hydrogen-bond acceptors (Lipinski definition) is 6. The molecule has 2 rings (SSSR count). The summed E-state index contributed by atoms with van der Waals surface area (Å²) in [6.07, 6.45) is 1.45. The van der Waals surface area contributed by atoms with Crippen molar-refractivity contribution in [3.05, 3.63) is 35.8 Å². The fraction of sp³-hybridized carbons (Fsp3) is 0.182. The molecule has 0 saturated carbocycles. The van der Waals surface area contributed by atoms with Gasteiger partial charge in [-0.25, -0.2) is 4.98 Å². The van der Waals surface area contributed by atoms with E-state index in [1.54, 1.807) is 0 Å². The maximum absolute atomic E-state index is 5.64. The average molecular weight is 231 g/mol. The van der Waals surface area contributed by atoms with Crippen molar-refractivity contribution in [2.45, 2.75) is 13.5 Å². The summed E-state index contributed by atoms with van der Waals surface area (Å²) < 4.78 is 5.46.